The lowest BCUT2D eigenvalue weighted by molar-refractivity contribution is 0.0925. The van der Waals surface area contributed by atoms with Crippen LogP contribution in [0.2, 0.25) is 0 Å². The van der Waals surface area contributed by atoms with Gasteiger partial charge in [0.25, 0.3) is 5.91 Å². The van der Waals surface area contributed by atoms with E-state index in [1.54, 1.807) is 0 Å². The molecule has 102 valence electrons. The number of hydrogen-bond donors (Lipinski definition) is 2. The Morgan fingerprint density at radius 2 is 1.89 bits per heavy atom. The molecule has 1 heterocycles. The van der Waals surface area contributed by atoms with Gasteiger partial charge in [0.05, 0.1) is 13.2 Å². The van der Waals surface area contributed by atoms with Crippen molar-refractivity contribution >= 4 is 5.91 Å². The number of hydrogen-bond acceptors (Lipinski definition) is 3. The van der Waals surface area contributed by atoms with Gasteiger partial charge in [0.1, 0.15) is 0 Å². The first kappa shape index (κ1) is 12.6. The van der Waals surface area contributed by atoms with Crippen LogP contribution >= 0.6 is 0 Å². The lowest BCUT2D eigenvalue weighted by atomic mass is 9.91. The molecule has 1 aromatic rings. The van der Waals surface area contributed by atoms with Gasteiger partial charge in [-0.15, -0.1) is 0 Å². The second-order valence-electron chi connectivity index (χ2n) is 5.56. The van der Waals surface area contributed by atoms with E-state index in [-0.39, 0.29) is 11.9 Å². The number of fused-ring (bicyclic) bond motifs is 1. The first-order chi connectivity index (χ1) is 9.22. The molecule has 3 rings (SSSR count). The molecule has 0 unspecified atom stereocenters. The highest BCUT2D eigenvalue weighted by Gasteiger charge is 2.21. The molecule has 0 aromatic heterocycles. The fourth-order valence-corrected chi connectivity index (χ4v) is 2.85. The molecule has 19 heavy (non-hydrogen) atoms. The van der Waals surface area contributed by atoms with E-state index in [1.165, 1.54) is 5.56 Å². The molecule has 4 nitrogen and oxygen atoms in total. The number of carbonyl (C=O) groups is 1. The van der Waals surface area contributed by atoms with E-state index in [2.05, 4.69) is 5.32 Å². The zero-order valence-electron chi connectivity index (χ0n) is 11.0. The Morgan fingerprint density at radius 1 is 1.16 bits per heavy atom. The quantitative estimate of drug-likeness (QED) is 0.851. The summed E-state index contributed by atoms with van der Waals surface area (Å²) in [6, 6.07) is 6.42. The summed E-state index contributed by atoms with van der Waals surface area (Å²) in [7, 11) is 0. The molecule has 1 saturated carbocycles. The Labute approximate surface area is 113 Å². The summed E-state index contributed by atoms with van der Waals surface area (Å²) in [6.45, 7) is 1.28. The summed E-state index contributed by atoms with van der Waals surface area (Å²) in [6.07, 6.45) is 3.98. The van der Waals surface area contributed by atoms with Crippen molar-refractivity contribution in [3.05, 3.63) is 34.9 Å². The zero-order chi connectivity index (χ0) is 13.2. The maximum absolute atomic E-state index is 12.2. The van der Waals surface area contributed by atoms with Crippen LogP contribution in [0.1, 0.15) is 47.2 Å². The van der Waals surface area contributed by atoms with Gasteiger partial charge in [0, 0.05) is 17.6 Å². The summed E-state index contributed by atoms with van der Waals surface area (Å²) in [4.78, 5) is 12.2. The minimum atomic E-state index is 0.0233. The second kappa shape index (κ2) is 5.31. The van der Waals surface area contributed by atoms with E-state index in [1.807, 2.05) is 18.2 Å². The average molecular weight is 260 g/mol. The fraction of sp³-hybridized carbons (Fsp3) is 0.533. The van der Waals surface area contributed by atoms with E-state index in [4.69, 9.17) is 10.5 Å². The summed E-state index contributed by atoms with van der Waals surface area (Å²) in [5, 5.41) is 3.11. The Hall–Kier alpha value is -1.39. The number of ether oxygens (including phenoxy) is 1. The normalized spacial score (nSPS) is 25.9. The van der Waals surface area contributed by atoms with Crippen LogP contribution in [0.3, 0.4) is 0 Å². The first-order valence-electron chi connectivity index (χ1n) is 6.98. The maximum Gasteiger partial charge on any atom is 0.251 e. The van der Waals surface area contributed by atoms with Crippen LogP contribution in [0.5, 0.6) is 0 Å². The molecule has 1 fully saturated rings. The SMILES string of the molecule is NC1CCC(NC(=O)c2ccc3c(c2)COC3)CC1. The largest absolute Gasteiger partial charge is 0.372 e. The molecule has 0 bridgehead atoms. The van der Waals surface area contributed by atoms with Crippen LogP contribution in [-0.4, -0.2) is 18.0 Å². The highest BCUT2D eigenvalue weighted by molar-refractivity contribution is 5.94. The standard InChI is InChI=1S/C15H20N2O2/c16-13-3-5-14(6-4-13)17-15(18)10-1-2-11-8-19-9-12(11)7-10/h1-2,7,13-14H,3-6,8-9,16H2,(H,17,18). The van der Waals surface area contributed by atoms with Gasteiger partial charge in [-0.25, -0.2) is 0 Å². The summed E-state index contributed by atoms with van der Waals surface area (Å²) >= 11 is 0. The lowest BCUT2D eigenvalue weighted by Crippen LogP contribution is -2.40. The minimum absolute atomic E-state index is 0.0233. The van der Waals surface area contributed by atoms with Gasteiger partial charge < -0.3 is 15.8 Å². The van der Waals surface area contributed by atoms with Gasteiger partial charge in [-0.3, -0.25) is 4.79 Å². The zero-order valence-corrected chi connectivity index (χ0v) is 11.0. The van der Waals surface area contributed by atoms with E-state index in [0.29, 0.717) is 19.3 Å². The molecule has 0 atom stereocenters. The van der Waals surface area contributed by atoms with Crippen molar-refractivity contribution in [3.63, 3.8) is 0 Å². The Bertz CT molecular complexity index is 479. The predicted octanol–water partition coefficient (Wildman–Crippen LogP) is 1.72. The van der Waals surface area contributed by atoms with Crippen LogP contribution in [0.15, 0.2) is 18.2 Å². The number of amides is 1. The van der Waals surface area contributed by atoms with Crippen molar-refractivity contribution < 1.29 is 9.53 Å². The Kier molecular flexibility index (Phi) is 3.53. The molecule has 0 saturated heterocycles. The van der Waals surface area contributed by atoms with Crippen LogP contribution in [0, 0.1) is 0 Å². The highest BCUT2D eigenvalue weighted by atomic mass is 16.5. The minimum Gasteiger partial charge on any atom is -0.372 e. The molecule has 0 radical (unpaired) electrons. The monoisotopic (exact) mass is 260 g/mol. The molecule has 3 N–H and O–H groups in total. The first-order valence-corrected chi connectivity index (χ1v) is 6.98. The molecule has 4 heteroatoms. The van der Waals surface area contributed by atoms with Crippen molar-refractivity contribution in [1.82, 2.24) is 5.32 Å². The number of rotatable bonds is 2. The van der Waals surface area contributed by atoms with Gasteiger partial charge in [-0.1, -0.05) is 6.07 Å². The third-order valence-electron chi connectivity index (χ3n) is 4.09. The summed E-state index contributed by atoms with van der Waals surface area (Å²) in [5.74, 6) is 0.0233. The van der Waals surface area contributed by atoms with Gasteiger partial charge in [-0.2, -0.15) is 0 Å². The van der Waals surface area contributed by atoms with Gasteiger partial charge in [0.15, 0.2) is 0 Å². The molecule has 2 aliphatic rings. The topological polar surface area (TPSA) is 64.3 Å². The van der Waals surface area contributed by atoms with Crippen LogP contribution in [-0.2, 0) is 18.0 Å². The van der Waals surface area contributed by atoms with Crippen molar-refractivity contribution in [2.24, 2.45) is 5.73 Å². The number of nitrogens with one attached hydrogen (secondary N) is 1. The second-order valence-corrected chi connectivity index (χ2v) is 5.56. The van der Waals surface area contributed by atoms with Gasteiger partial charge >= 0.3 is 0 Å². The average Bonchev–Trinajstić information content (AvgIpc) is 2.88. The third kappa shape index (κ3) is 2.80. The maximum atomic E-state index is 12.2. The molecular formula is C15H20N2O2. The van der Waals surface area contributed by atoms with Crippen molar-refractivity contribution in [2.45, 2.75) is 51.0 Å². The van der Waals surface area contributed by atoms with Gasteiger partial charge in [-0.05, 0) is 48.9 Å². The predicted molar refractivity (Wildman–Crippen MR) is 72.6 cm³/mol. The molecule has 1 aliphatic heterocycles. The Balaban J connectivity index is 1.64. The van der Waals surface area contributed by atoms with E-state index < -0.39 is 0 Å². The molecule has 1 aliphatic carbocycles. The number of benzene rings is 1. The van der Waals surface area contributed by atoms with E-state index >= 15 is 0 Å². The van der Waals surface area contributed by atoms with Crippen LogP contribution in [0.4, 0.5) is 0 Å². The van der Waals surface area contributed by atoms with Crippen molar-refractivity contribution in [2.75, 3.05) is 0 Å². The van der Waals surface area contributed by atoms with E-state index in [9.17, 15) is 4.79 Å². The number of carbonyl (C=O) groups excluding carboxylic acids is 1. The van der Waals surface area contributed by atoms with Crippen LogP contribution < -0.4 is 11.1 Å². The smallest absolute Gasteiger partial charge is 0.251 e. The molecule has 0 spiro atoms. The Morgan fingerprint density at radius 3 is 2.68 bits per heavy atom. The highest BCUT2D eigenvalue weighted by Crippen LogP contribution is 2.22. The molecular weight excluding hydrogens is 240 g/mol. The molecule has 1 amide bonds. The fourth-order valence-electron chi connectivity index (χ4n) is 2.85. The summed E-state index contributed by atoms with van der Waals surface area (Å²) in [5.41, 5.74) is 8.94. The third-order valence-corrected chi connectivity index (χ3v) is 4.09. The van der Waals surface area contributed by atoms with Crippen LogP contribution in [0.25, 0.3) is 0 Å². The molecule has 1 aromatic carbocycles. The van der Waals surface area contributed by atoms with Crippen molar-refractivity contribution in [1.29, 1.82) is 0 Å². The number of nitrogens with two attached hydrogens (primary N) is 1. The van der Waals surface area contributed by atoms with Gasteiger partial charge in [0.2, 0.25) is 0 Å². The summed E-state index contributed by atoms with van der Waals surface area (Å²) < 4.78 is 5.37. The lowest BCUT2D eigenvalue weighted by Gasteiger charge is -2.26. The van der Waals surface area contributed by atoms with Crippen molar-refractivity contribution in [3.8, 4) is 0 Å². The van der Waals surface area contributed by atoms with E-state index in [0.717, 1.165) is 36.8 Å².